The third-order valence-corrected chi connectivity index (χ3v) is 2.68. The summed E-state index contributed by atoms with van der Waals surface area (Å²) in [4.78, 5) is 10.9. The minimum absolute atomic E-state index is 0.169. The van der Waals surface area contributed by atoms with Crippen LogP contribution in [0.3, 0.4) is 0 Å². The van der Waals surface area contributed by atoms with Crippen molar-refractivity contribution in [2.24, 2.45) is 0 Å². The molecular weight excluding hydrogens is 251 g/mol. The monoisotopic (exact) mass is 260 g/mol. The van der Waals surface area contributed by atoms with Gasteiger partial charge in [0, 0.05) is 16.8 Å². The molecule has 0 bridgehead atoms. The van der Waals surface area contributed by atoms with Gasteiger partial charge in [-0.05, 0) is 24.1 Å². The Morgan fingerprint density at radius 2 is 2.23 bits per heavy atom. The molecule has 1 aromatic carbocycles. The molecular formula is C10H10BrClO. The van der Waals surface area contributed by atoms with Crippen molar-refractivity contribution in [2.75, 3.05) is 0 Å². The molecule has 1 rings (SSSR count). The minimum Gasteiger partial charge on any atom is -0.300 e. The van der Waals surface area contributed by atoms with E-state index in [2.05, 4.69) is 15.9 Å². The van der Waals surface area contributed by atoms with Crippen LogP contribution in [0, 0.1) is 0 Å². The van der Waals surface area contributed by atoms with E-state index in [-0.39, 0.29) is 5.78 Å². The maximum atomic E-state index is 10.9. The smallest absolute Gasteiger partial charge is 0.134 e. The highest BCUT2D eigenvalue weighted by Crippen LogP contribution is 2.20. The lowest BCUT2D eigenvalue weighted by Gasteiger charge is -2.03. The number of hydrogen-bond donors (Lipinski definition) is 0. The summed E-state index contributed by atoms with van der Waals surface area (Å²) in [6, 6.07) is 5.67. The van der Waals surface area contributed by atoms with Gasteiger partial charge >= 0.3 is 0 Å². The molecule has 0 heterocycles. The molecule has 0 unspecified atom stereocenters. The SMILES string of the molecule is CC(=O)Cc1ccc(Cl)c(CBr)c1. The van der Waals surface area contributed by atoms with Gasteiger partial charge in [0.15, 0.2) is 0 Å². The molecule has 0 atom stereocenters. The number of ketones is 1. The van der Waals surface area contributed by atoms with Gasteiger partial charge in [-0.2, -0.15) is 0 Å². The van der Waals surface area contributed by atoms with Gasteiger partial charge in [0.25, 0.3) is 0 Å². The van der Waals surface area contributed by atoms with Crippen molar-refractivity contribution < 1.29 is 4.79 Å². The molecule has 70 valence electrons. The third kappa shape index (κ3) is 3.12. The molecule has 0 N–H and O–H groups in total. The molecule has 0 saturated heterocycles. The van der Waals surface area contributed by atoms with Crippen LogP contribution in [0.1, 0.15) is 18.1 Å². The zero-order valence-electron chi connectivity index (χ0n) is 7.31. The summed E-state index contributed by atoms with van der Waals surface area (Å²) in [6.45, 7) is 1.59. The van der Waals surface area contributed by atoms with Crippen LogP contribution in [0.4, 0.5) is 0 Å². The summed E-state index contributed by atoms with van der Waals surface area (Å²) < 4.78 is 0. The van der Waals surface area contributed by atoms with E-state index >= 15 is 0 Å². The first kappa shape index (κ1) is 10.7. The summed E-state index contributed by atoms with van der Waals surface area (Å²) in [5.41, 5.74) is 2.05. The molecule has 1 nitrogen and oxygen atoms in total. The lowest BCUT2D eigenvalue weighted by Crippen LogP contribution is -1.96. The standard InChI is InChI=1S/C10H10BrClO/c1-7(13)4-8-2-3-10(12)9(5-8)6-11/h2-3,5H,4,6H2,1H3. The molecule has 3 heteroatoms. The fourth-order valence-electron chi connectivity index (χ4n) is 1.13. The van der Waals surface area contributed by atoms with E-state index in [0.29, 0.717) is 6.42 Å². The van der Waals surface area contributed by atoms with E-state index in [1.807, 2.05) is 18.2 Å². The van der Waals surface area contributed by atoms with Crippen molar-refractivity contribution in [1.82, 2.24) is 0 Å². The highest BCUT2D eigenvalue weighted by atomic mass is 79.9. The van der Waals surface area contributed by atoms with E-state index < -0.39 is 0 Å². The van der Waals surface area contributed by atoms with Crippen LogP contribution in [0.5, 0.6) is 0 Å². The van der Waals surface area contributed by atoms with Crippen LogP contribution in [0.2, 0.25) is 5.02 Å². The highest BCUT2D eigenvalue weighted by Gasteiger charge is 2.02. The Labute approximate surface area is 91.2 Å². The number of halogens is 2. The minimum atomic E-state index is 0.169. The first-order chi connectivity index (χ1) is 6.13. The Morgan fingerprint density at radius 3 is 2.77 bits per heavy atom. The van der Waals surface area contributed by atoms with Crippen LogP contribution >= 0.6 is 27.5 Å². The maximum absolute atomic E-state index is 10.9. The van der Waals surface area contributed by atoms with Crippen molar-refractivity contribution >= 4 is 33.3 Å². The maximum Gasteiger partial charge on any atom is 0.134 e. The van der Waals surface area contributed by atoms with Crippen molar-refractivity contribution in [2.45, 2.75) is 18.7 Å². The van der Waals surface area contributed by atoms with Crippen LogP contribution in [0.15, 0.2) is 18.2 Å². The third-order valence-electron chi connectivity index (χ3n) is 1.71. The first-order valence-corrected chi connectivity index (χ1v) is 5.46. The number of carbonyl (C=O) groups is 1. The topological polar surface area (TPSA) is 17.1 Å². The molecule has 0 spiro atoms. The second-order valence-electron chi connectivity index (χ2n) is 2.94. The summed E-state index contributed by atoms with van der Waals surface area (Å²) in [5, 5.41) is 1.46. The van der Waals surface area contributed by atoms with Crippen molar-refractivity contribution in [1.29, 1.82) is 0 Å². The van der Waals surface area contributed by atoms with Crippen LogP contribution in [-0.2, 0) is 16.5 Å². The Kier molecular flexibility index (Phi) is 3.94. The Morgan fingerprint density at radius 1 is 1.54 bits per heavy atom. The van der Waals surface area contributed by atoms with Gasteiger partial charge in [0.05, 0.1) is 0 Å². The van der Waals surface area contributed by atoms with Gasteiger partial charge in [0.1, 0.15) is 5.78 Å². The molecule has 0 fully saturated rings. The molecule has 0 aliphatic rings. The molecule has 0 radical (unpaired) electrons. The van der Waals surface area contributed by atoms with Crippen LogP contribution in [0.25, 0.3) is 0 Å². The number of Topliss-reactive ketones (excluding diaryl/α,β-unsaturated/α-hetero) is 1. The van der Waals surface area contributed by atoms with Gasteiger partial charge in [-0.15, -0.1) is 0 Å². The van der Waals surface area contributed by atoms with Gasteiger partial charge in [0.2, 0.25) is 0 Å². The normalized spacial score (nSPS) is 10.1. The van der Waals surface area contributed by atoms with E-state index in [9.17, 15) is 4.79 Å². The Hall–Kier alpha value is -0.340. The largest absolute Gasteiger partial charge is 0.300 e. The average Bonchev–Trinajstić information content (AvgIpc) is 2.07. The van der Waals surface area contributed by atoms with Crippen molar-refractivity contribution in [3.8, 4) is 0 Å². The van der Waals surface area contributed by atoms with E-state index in [1.165, 1.54) is 0 Å². The zero-order chi connectivity index (χ0) is 9.84. The second kappa shape index (κ2) is 4.77. The van der Waals surface area contributed by atoms with Crippen LogP contribution < -0.4 is 0 Å². The first-order valence-electron chi connectivity index (χ1n) is 3.96. The van der Waals surface area contributed by atoms with E-state index in [4.69, 9.17) is 11.6 Å². The number of hydrogen-bond acceptors (Lipinski definition) is 1. The Bertz CT molecular complexity index is 323. The number of benzene rings is 1. The summed E-state index contributed by atoms with van der Waals surface area (Å²) in [7, 11) is 0. The fraction of sp³-hybridized carbons (Fsp3) is 0.300. The number of rotatable bonds is 3. The zero-order valence-corrected chi connectivity index (χ0v) is 9.65. The lowest BCUT2D eigenvalue weighted by molar-refractivity contribution is -0.116. The van der Waals surface area contributed by atoms with Gasteiger partial charge < -0.3 is 0 Å². The Balaban J connectivity index is 2.92. The molecule has 0 aliphatic heterocycles. The molecule has 0 saturated carbocycles. The quantitative estimate of drug-likeness (QED) is 0.763. The molecule has 0 aromatic heterocycles. The number of carbonyl (C=O) groups excluding carboxylic acids is 1. The highest BCUT2D eigenvalue weighted by molar-refractivity contribution is 9.08. The van der Waals surface area contributed by atoms with Gasteiger partial charge in [-0.25, -0.2) is 0 Å². The predicted molar refractivity (Wildman–Crippen MR) is 58.5 cm³/mol. The fourth-order valence-corrected chi connectivity index (χ4v) is 1.94. The lowest BCUT2D eigenvalue weighted by atomic mass is 10.1. The summed E-state index contributed by atoms with van der Waals surface area (Å²) in [5.74, 6) is 0.169. The van der Waals surface area contributed by atoms with E-state index in [1.54, 1.807) is 6.92 Å². The molecule has 1 aromatic rings. The average molecular weight is 262 g/mol. The molecule has 0 aliphatic carbocycles. The summed E-state index contributed by atoms with van der Waals surface area (Å²) in [6.07, 6.45) is 0.483. The second-order valence-corrected chi connectivity index (χ2v) is 3.91. The van der Waals surface area contributed by atoms with Crippen LogP contribution in [-0.4, -0.2) is 5.78 Å². The van der Waals surface area contributed by atoms with E-state index in [0.717, 1.165) is 21.5 Å². The van der Waals surface area contributed by atoms with Crippen molar-refractivity contribution in [3.05, 3.63) is 34.3 Å². The van der Waals surface area contributed by atoms with Crippen molar-refractivity contribution in [3.63, 3.8) is 0 Å². The predicted octanol–water partition coefficient (Wildman–Crippen LogP) is 3.37. The molecule has 13 heavy (non-hydrogen) atoms. The molecule has 0 amide bonds. The van der Waals surface area contributed by atoms with Gasteiger partial charge in [-0.3, -0.25) is 4.79 Å². The van der Waals surface area contributed by atoms with Gasteiger partial charge in [-0.1, -0.05) is 39.7 Å². The number of alkyl halides is 1. The summed E-state index contributed by atoms with van der Waals surface area (Å²) >= 11 is 9.26.